The molecule has 1 heterocycles. The van der Waals surface area contributed by atoms with Crippen LogP contribution in [0.15, 0.2) is 51.2 Å². The van der Waals surface area contributed by atoms with E-state index in [0.29, 0.717) is 5.57 Å². The number of hydrogen-bond acceptors (Lipinski definition) is 8. The average Bonchev–Trinajstić information content (AvgIpc) is 2.63. The van der Waals surface area contributed by atoms with Crippen LogP contribution in [0.25, 0.3) is 22.3 Å². The van der Waals surface area contributed by atoms with Gasteiger partial charge in [-0.1, -0.05) is 5.57 Å². The van der Waals surface area contributed by atoms with Crippen molar-refractivity contribution in [3.63, 3.8) is 0 Å². The number of benzene rings is 2. The largest absolute Gasteiger partial charge is 0.508 e. The Morgan fingerprint density at radius 2 is 1.79 bits per heavy atom. The molecular formula is C21H18O8. The Balaban J connectivity index is 2.34. The summed E-state index contributed by atoms with van der Waals surface area (Å²) in [5, 5.41) is 29.4. The zero-order valence-electron chi connectivity index (χ0n) is 15.8. The topological polar surface area (TPSA) is 126 Å². The number of carbonyl (C=O) groups excluding carboxylic acids is 1. The van der Waals surface area contributed by atoms with Crippen molar-refractivity contribution < 1.29 is 34.0 Å². The standard InChI is InChI=1S/C21H18O8/c1-10(2)6-17(25)29-21-19(26)18-14(24)8-12(22)9-16(18)28-20(21)11-4-5-13(23)15(7-11)27-3/h4-9,22-24H,1-3H3. The highest BCUT2D eigenvalue weighted by atomic mass is 16.5. The molecule has 0 amide bonds. The molecular weight excluding hydrogens is 380 g/mol. The van der Waals surface area contributed by atoms with Crippen LogP contribution in [0.2, 0.25) is 0 Å². The van der Waals surface area contributed by atoms with Crippen LogP contribution < -0.4 is 14.9 Å². The number of allylic oxidation sites excluding steroid dienone is 1. The molecule has 0 fully saturated rings. The number of ether oxygens (including phenoxy) is 2. The molecule has 0 saturated carbocycles. The number of methoxy groups -OCH3 is 1. The van der Waals surface area contributed by atoms with E-state index in [1.807, 2.05) is 0 Å². The maximum Gasteiger partial charge on any atom is 0.336 e. The Morgan fingerprint density at radius 3 is 2.45 bits per heavy atom. The molecule has 0 spiro atoms. The second kappa shape index (κ2) is 7.59. The van der Waals surface area contributed by atoms with Gasteiger partial charge in [-0.3, -0.25) is 4.79 Å². The summed E-state index contributed by atoms with van der Waals surface area (Å²) in [7, 11) is 1.35. The van der Waals surface area contributed by atoms with Gasteiger partial charge < -0.3 is 29.2 Å². The molecule has 0 atom stereocenters. The van der Waals surface area contributed by atoms with Crippen LogP contribution in [0.4, 0.5) is 0 Å². The first kappa shape index (κ1) is 19.8. The molecule has 8 heteroatoms. The van der Waals surface area contributed by atoms with Crippen LogP contribution in [0.1, 0.15) is 13.8 Å². The van der Waals surface area contributed by atoms with Crippen LogP contribution in [0.3, 0.4) is 0 Å². The van der Waals surface area contributed by atoms with Gasteiger partial charge in [-0.15, -0.1) is 0 Å². The summed E-state index contributed by atoms with van der Waals surface area (Å²) in [6, 6.07) is 6.27. The average molecular weight is 398 g/mol. The van der Waals surface area contributed by atoms with Crippen LogP contribution in [-0.4, -0.2) is 28.4 Å². The van der Waals surface area contributed by atoms with E-state index < -0.39 is 22.9 Å². The number of esters is 1. The molecule has 3 aromatic rings. The van der Waals surface area contributed by atoms with E-state index in [1.54, 1.807) is 13.8 Å². The molecule has 8 nitrogen and oxygen atoms in total. The van der Waals surface area contributed by atoms with Crippen molar-refractivity contribution in [1.29, 1.82) is 0 Å². The number of phenolic OH excluding ortho intramolecular Hbond substituents is 3. The SMILES string of the molecule is COc1cc(-c2oc3cc(O)cc(O)c3c(=O)c2OC(=O)C=C(C)C)ccc1O. The highest BCUT2D eigenvalue weighted by Gasteiger charge is 2.23. The first-order valence-electron chi connectivity index (χ1n) is 8.48. The summed E-state index contributed by atoms with van der Waals surface area (Å²) in [6.45, 7) is 3.37. The maximum atomic E-state index is 13.0. The highest BCUT2D eigenvalue weighted by molar-refractivity contribution is 5.91. The van der Waals surface area contributed by atoms with E-state index in [4.69, 9.17) is 13.9 Å². The zero-order chi connectivity index (χ0) is 21.3. The Kier molecular flexibility index (Phi) is 5.18. The Labute approximate surface area is 164 Å². The Morgan fingerprint density at radius 1 is 1.07 bits per heavy atom. The van der Waals surface area contributed by atoms with Gasteiger partial charge in [0.2, 0.25) is 11.2 Å². The second-order valence-electron chi connectivity index (χ2n) is 6.46. The monoisotopic (exact) mass is 398 g/mol. The molecule has 0 aliphatic heterocycles. The lowest BCUT2D eigenvalue weighted by Crippen LogP contribution is -2.14. The van der Waals surface area contributed by atoms with E-state index >= 15 is 0 Å². The van der Waals surface area contributed by atoms with E-state index in [2.05, 4.69) is 0 Å². The number of hydrogen-bond donors (Lipinski definition) is 3. The molecule has 150 valence electrons. The van der Waals surface area contributed by atoms with Crippen molar-refractivity contribution >= 4 is 16.9 Å². The summed E-state index contributed by atoms with van der Waals surface area (Å²) in [5.74, 6) is -2.27. The van der Waals surface area contributed by atoms with Gasteiger partial charge in [-0.2, -0.15) is 0 Å². The molecule has 1 aromatic heterocycles. The fourth-order valence-electron chi connectivity index (χ4n) is 2.74. The van der Waals surface area contributed by atoms with Gasteiger partial charge in [0.1, 0.15) is 22.5 Å². The fraction of sp³-hybridized carbons (Fsp3) is 0.143. The minimum atomic E-state index is -0.804. The van der Waals surface area contributed by atoms with Gasteiger partial charge in [0.25, 0.3) is 0 Å². The summed E-state index contributed by atoms with van der Waals surface area (Å²) in [4.78, 5) is 25.2. The maximum absolute atomic E-state index is 13.0. The van der Waals surface area contributed by atoms with E-state index in [1.165, 1.54) is 31.4 Å². The number of carbonyl (C=O) groups is 1. The lowest BCUT2D eigenvalue weighted by atomic mass is 10.1. The molecule has 0 aliphatic carbocycles. The summed E-state index contributed by atoms with van der Waals surface area (Å²) in [6.07, 6.45) is 1.20. The van der Waals surface area contributed by atoms with Crippen molar-refractivity contribution in [2.24, 2.45) is 0 Å². The van der Waals surface area contributed by atoms with Crippen LogP contribution in [0.5, 0.6) is 28.7 Å². The van der Waals surface area contributed by atoms with Crippen LogP contribution in [-0.2, 0) is 4.79 Å². The molecule has 0 radical (unpaired) electrons. The van der Waals surface area contributed by atoms with Crippen molar-refractivity contribution in [3.05, 3.63) is 52.2 Å². The minimum absolute atomic E-state index is 0.102. The minimum Gasteiger partial charge on any atom is -0.508 e. The smallest absolute Gasteiger partial charge is 0.336 e. The van der Waals surface area contributed by atoms with Gasteiger partial charge in [0.15, 0.2) is 17.3 Å². The molecule has 0 saturated heterocycles. The van der Waals surface area contributed by atoms with Crippen molar-refractivity contribution in [1.82, 2.24) is 0 Å². The lowest BCUT2D eigenvalue weighted by molar-refractivity contribution is -0.129. The normalized spacial score (nSPS) is 10.6. The molecule has 0 aliphatic rings. The predicted octanol–water partition coefficient (Wildman–Crippen LogP) is 3.46. The van der Waals surface area contributed by atoms with Gasteiger partial charge in [-0.05, 0) is 32.0 Å². The summed E-state index contributed by atoms with van der Waals surface area (Å²) < 4.78 is 16.0. The second-order valence-corrected chi connectivity index (χ2v) is 6.46. The Hall–Kier alpha value is -3.94. The third-order valence-electron chi connectivity index (χ3n) is 3.97. The molecule has 3 N–H and O–H groups in total. The summed E-state index contributed by atoms with van der Waals surface area (Å²) >= 11 is 0. The first-order chi connectivity index (χ1) is 13.7. The molecule has 0 unspecified atom stereocenters. The molecule has 2 aromatic carbocycles. The van der Waals surface area contributed by atoms with Crippen LogP contribution >= 0.6 is 0 Å². The van der Waals surface area contributed by atoms with E-state index in [-0.39, 0.29) is 39.5 Å². The molecule has 29 heavy (non-hydrogen) atoms. The fourth-order valence-corrected chi connectivity index (χ4v) is 2.74. The predicted molar refractivity (Wildman–Crippen MR) is 105 cm³/mol. The summed E-state index contributed by atoms with van der Waals surface area (Å²) in [5.41, 5.74) is 0.000125. The van der Waals surface area contributed by atoms with Gasteiger partial charge in [-0.25, -0.2) is 4.79 Å². The zero-order valence-corrected chi connectivity index (χ0v) is 15.8. The lowest BCUT2D eigenvalue weighted by Gasteiger charge is -2.12. The number of phenols is 3. The highest BCUT2D eigenvalue weighted by Crippen LogP contribution is 2.38. The van der Waals surface area contributed by atoms with Crippen molar-refractivity contribution in [3.8, 4) is 40.1 Å². The van der Waals surface area contributed by atoms with Gasteiger partial charge >= 0.3 is 5.97 Å². The molecule has 3 rings (SSSR count). The van der Waals surface area contributed by atoms with Crippen molar-refractivity contribution in [2.75, 3.05) is 7.11 Å². The van der Waals surface area contributed by atoms with Gasteiger partial charge in [0, 0.05) is 23.8 Å². The van der Waals surface area contributed by atoms with Crippen LogP contribution in [0, 0.1) is 0 Å². The third-order valence-corrected chi connectivity index (χ3v) is 3.97. The van der Waals surface area contributed by atoms with E-state index in [9.17, 15) is 24.9 Å². The van der Waals surface area contributed by atoms with Crippen molar-refractivity contribution in [2.45, 2.75) is 13.8 Å². The number of rotatable bonds is 4. The Bertz CT molecular complexity index is 1200. The third kappa shape index (κ3) is 3.86. The molecule has 0 bridgehead atoms. The quantitative estimate of drug-likeness (QED) is 0.450. The first-order valence-corrected chi connectivity index (χ1v) is 8.48. The number of aromatic hydroxyl groups is 3. The van der Waals surface area contributed by atoms with Gasteiger partial charge in [0.05, 0.1) is 7.11 Å². The number of fused-ring (bicyclic) bond motifs is 1. The van der Waals surface area contributed by atoms with E-state index in [0.717, 1.165) is 12.1 Å².